The summed E-state index contributed by atoms with van der Waals surface area (Å²) in [6.45, 7) is 12.0. The van der Waals surface area contributed by atoms with E-state index in [4.69, 9.17) is 0 Å². The van der Waals surface area contributed by atoms with Crippen LogP contribution in [0.3, 0.4) is 0 Å². The minimum absolute atomic E-state index is 0.280. The molecule has 0 amide bonds. The number of hydrogen-bond acceptors (Lipinski definition) is 2. The van der Waals surface area contributed by atoms with E-state index < -0.39 is 0 Å². The Morgan fingerprint density at radius 3 is 1.27 bits per heavy atom. The zero-order valence-corrected chi connectivity index (χ0v) is 8.39. The van der Waals surface area contributed by atoms with Crippen LogP contribution in [0.4, 0.5) is 0 Å². The van der Waals surface area contributed by atoms with E-state index in [-0.39, 0.29) is 5.66 Å². The Labute approximate surface area is 69.4 Å². The van der Waals surface area contributed by atoms with Crippen molar-refractivity contribution in [1.82, 2.24) is 0 Å². The molecule has 0 fully saturated rings. The minimum Gasteiger partial charge on any atom is -0.266 e. The predicted molar refractivity (Wildman–Crippen MR) is 51.6 cm³/mol. The molecule has 0 aromatic rings. The fraction of sp³-hybridized carbons (Fsp3) is 0.778. The van der Waals surface area contributed by atoms with Crippen molar-refractivity contribution in [3.05, 3.63) is 0 Å². The lowest BCUT2D eigenvalue weighted by atomic mass is 10.2. The van der Waals surface area contributed by atoms with Crippen molar-refractivity contribution in [2.45, 2.75) is 47.2 Å². The predicted octanol–water partition coefficient (Wildman–Crippen LogP) is 2.68. The van der Waals surface area contributed by atoms with E-state index in [2.05, 4.69) is 9.98 Å². The molecule has 0 radical (unpaired) electrons. The summed E-state index contributed by atoms with van der Waals surface area (Å²) in [7, 11) is 0. The highest BCUT2D eigenvalue weighted by Crippen LogP contribution is 2.11. The van der Waals surface area contributed by atoms with Gasteiger partial charge in [0.15, 0.2) is 0 Å². The Kier molecular flexibility index (Phi) is 3.43. The number of hydrogen-bond donors (Lipinski definition) is 0. The Morgan fingerprint density at radius 1 is 0.818 bits per heavy atom. The van der Waals surface area contributed by atoms with Crippen LogP contribution in [0, 0.1) is 0 Å². The van der Waals surface area contributed by atoms with Crippen LogP contribution in [0.5, 0.6) is 0 Å². The van der Waals surface area contributed by atoms with Gasteiger partial charge in [-0.1, -0.05) is 0 Å². The highest BCUT2D eigenvalue weighted by atomic mass is 15.1. The first-order chi connectivity index (χ1) is 4.83. The lowest BCUT2D eigenvalue weighted by Crippen LogP contribution is -2.16. The molecule has 0 heterocycles. The topological polar surface area (TPSA) is 24.7 Å². The lowest BCUT2D eigenvalue weighted by molar-refractivity contribution is 0.553. The second-order valence-corrected chi connectivity index (χ2v) is 3.61. The van der Waals surface area contributed by atoms with Crippen molar-refractivity contribution in [2.24, 2.45) is 9.98 Å². The first-order valence-corrected chi connectivity index (χ1v) is 3.89. The fourth-order valence-electron chi connectivity index (χ4n) is 1.12. The maximum atomic E-state index is 4.38. The second-order valence-electron chi connectivity index (χ2n) is 3.61. The summed E-state index contributed by atoms with van der Waals surface area (Å²) >= 11 is 0. The summed E-state index contributed by atoms with van der Waals surface area (Å²) in [6, 6.07) is 0. The van der Waals surface area contributed by atoms with Crippen LogP contribution in [0.2, 0.25) is 0 Å². The standard InChI is InChI=1S/C9H18N2/c1-7(2)10-9(5,6)11-8(3)4/h1-6H3. The lowest BCUT2D eigenvalue weighted by Gasteiger charge is -2.15. The van der Waals surface area contributed by atoms with Crippen LogP contribution in [0.15, 0.2) is 9.98 Å². The highest BCUT2D eigenvalue weighted by molar-refractivity contribution is 5.81. The SMILES string of the molecule is CC(C)=NC(C)(C)N=C(C)C. The molecule has 0 saturated carbocycles. The van der Waals surface area contributed by atoms with E-state index >= 15 is 0 Å². The van der Waals surface area contributed by atoms with Gasteiger partial charge in [0.1, 0.15) is 5.66 Å². The molecule has 64 valence electrons. The molecule has 0 aliphatic rings. The highest BCUT2D eigenvalue weighted by Gasteiger charge is 2.11. The molecule has 0 aliphatic heterocycles. The molecule has 11 heavy (non-hydrogen) atoms. The smallest absolute Gasteiger partial charge is 0.144 e. The Bertz CT molecular complexity index is 160. The average molecular weight is 154 g/mol. The molecule has 0 aliphatic carbocycles. The van der Waals surface area contributed by atoms with Gasteiger partial charge in [-0.25, -0.2) is 0 Å². The van der Waals surface area contributed by atoms with Gasteiger partial charge in [-0.2, -0.15) is 0 Å². The molecule has 2 nitrogen and oxygen atoms in total. The molecular weight excluding hydrogens is 136 g/mol. The van der Waals surface area contributed by atoms with Crippen molar-refractivity contribution in [2.75, 3.05) is 0 Å². The first-order valence-electron chi connectivity index (χ1n) is 3.89. The summed E-state index contributed by atoms with van der Waals surface area (Å²) in [5.74, 6) is 0. The minimum atomic E-state index is -0.280. The van der Waals surface area contributed by atoms with Crippen LogP contribution >= 0.6 is 0 Å². The third-order valence-electron chi connectivity index (χ3n) is 0.994. The first kappa shape index (κ1) is 10.3. The molecule has 0 bridgehead atoms. The van der Waals surface area contributed by atoms with Crippen LogP contribution in [-0.2, 0) is 0 Å². The normalized spacial score (nSPS) is 10.7. The second kappa shape index (κ2) is 3.65. The summed E-state index contributed by atoms with van der Waals surface area (Å²) in [4.78, 5) is 8.76. The molecule has 2 heteroatoms. The van der Waals surface area contributed by atoms with Gasteiger partial charge < -0.3 is 0 Å². The molecule has 0 atom stereocenters. The van der Waals surface area contributed by atoms with Crippen LogP contribution in [0.1, 0.15) is 41.5 Å². The largest absolute Gasteiger partial charge is 0.266 e. The molecule has 0 aromatic heterocycles. The van der Waals surface area contributed by atoms with Crippen LogP contribution in [0.25, 0.3) is 0 Å². The molecule has 0 aromatic carbocycles. The van der Waals surface area contributed by atoms with Gasteiger partial charge in [0.05, 0.1) is 0 Å². The van der Waals surface area contributed by atoms with Crippen LogP contribution in [-0.4, -0.2) is 17.1 Å². The fourth-order valence-corrected chi connectivity index (χ4v) is 1.12. The summed E-state index contributed by atoms with van der Waals surface area (Å²) in [5.41, 5.74) is 1.86. The third-order valence-corrected chi connectivity index (χ3v) is 0.994. The van der Waals surface area contributed by atoms with E-state index in [1.807, 2.05) is 41.5 Å². The van der Waals surface area contributed by atoms with Crippen molar-refractivity contribution in [3.8, 4) is 0 Å². The van der Waals surface area contributed by atoms with Gasteiger partial charge in [-0.3, -0.25) is 9.98 Å². The summed E-state index contributed by atoms with van der Waals surface area (Å²) in [5, 5.41) is 0. The quantitative estimate of drug-likeness (QED) is 0.546. The van der Waals surface area contributed by atoms with E-state index in [9.17, 15) is 0 Å². The Morgan fingerprint density at radius 2 is 1.09 bits per heavy atom. The van der Waals surface area contributed by atoms with Gasteiger partial charge >= 0.3 is 0 Å². The van der Waals surface area contributed by atoms with E-state index in [0.717, 1.165) is 11.4 Å². The molecule has 0 unspecified atom stereocenters. The molecule has 0 N–H and O–H groups in total. The van der Waals surface area contributed by atoms with Crippen molar-refractivity contribution < 1.29 is 0 Å². The van der Waals surface area contributed by atoms with E-state index in [0.29, 0.717) is 0 Å². The van der Waals surface area contributed by atoms with Gasteiger partial charge in [-0.15, -0.1) is 0 Å². The maximum absolute atomic E-state index is 4.38. The van der Waals surface area contributed by atoms with Gasteiger partial charge in [0.25, 0.3) is 0 Å². The number of rotatable bonds is 2. The van der Waals surface area contributed by atoms with Crippen molar-refractivity contribution in [1.29, 1.82) is 0 Å². The molecule has 0 spiro atoms. The van der Waals surface area contributed by atoms with Crippen molar-refractivity contribution in [3.63, 3.8) is 0 Å². The Balaban J connectivity index is 4.48. The summed E-state index contributed by atoms with van der Waals surface area (Å²) in [6.07, 6.45) is 0. The summed E-state index contributed by atoms with van der Waals surface area (Å²) < 4.78 is 0. The molecular formula is C9H18N2. The van der Waals surface area contributed by atoms with Gasteiger partial charge in [0, 0.05) is 11.4 Å². The molecule has 0 rings (SSSR count). The Hall–Kier alpha value is -0.660. The monoisotopic (exact) mass is 154 g/mol. The van der Waals surface area contributed by atoms with Crippen molar-refractivity contribution >= 4 is 11.4 Å². The van der Waals surface area contributed by atoms with E-state index in [1.54, 1.807) is 0 Å². The molecule has 0 saturated heterocycles. The zero-order valence-electron chi connectivity index (χ0n) is 8.39. The van der Waals surface area contributed by atoms with Crippen LogP contribution < -0.4 is 0 Å². The van der Waals surface area contributed by atoms with E-state index in [1.165, 1.54) is 0 Å². The third kappa shape index (κ3) is 5.77. The average Bonchev–Trinajstić information content (AvgIpc) is 1.53. The van der Waals surface area contributed by atoms with Gasteiger partial charge in [-0.05, 0) is 41.5 Å². The zero-order chi connectivity index (χ0) is 9.07. The van der Waals surface area contributed by atoms with Gasteiger partial charge in [0.2, 0.25) is 0 Å². The number of aliphatic imine (C=N–C) groups is 2. The number of nitrogens with zero attached hydrogens (tertiary/aromatic N) is 2. The maximum Gasteiger partial charge on any atom is 0.144 e.